The van der Waals surface area contributed by atoms with E-state index in [4.69, 9.17) is 0 Å². The molecule has 0 atom stereocenters. The third kappa shape index (κ3) is 13.7. The highest BCUT2D eigenvalue weighted by Crippen LogP contribution is 2.38. The molecule has 31 heavy (non-hydrogen) atoms. The molecule has 0 aliphatic heterocycles. The molecule has 0 heterocycles. The van der Waals surface area contributed by atoms with E-state index in [9.17, 15) is 75.0 Å². The van der Waals surface area contributed by atoms with E-state index in [0.29, 0.717) is 0 Å². The minimum absolute atomic E-state index is 0.0573. The lowest BCUT2D eigenvalue weighted by atomic mass is 10.1. The van der Waals surface area contributed by atoms with E-state index in [1.807, 2.05) is 0 Å². The number of hydrogen-bond acceptors (Lipinski definition) is 2. The van der Waals surface area contributed by atoms with Crippen molar-refractivity contribution in [1.29, 1.82) is 0 Å². The van der Waals surface area contributed by atoms with E-state index in [-0.39, 0.29) is 6.92 Å². The first-order valence-corrected chi connectivity index (χ1v) is 6.85. The second kappa shape index (κ2) is 10.4. The molecule has 0 aliphatic carbocycles. The summed E-state index contributed by atoms with van der Waals surface area (Å²) in [6, 6.07) is 0. The lowest BCUT2D eigenvalue weighted by Gasteiger charge is -2.22. The second-order valence-corrected chi connectivity index (χ2v) is 5.31. The number of alkyl halides is 13. The highest BCUT2D eigenvalue weighted by atomic mass is 19.4. The summed E-state index contributed by atoms with van der Waals surface area (Å²) in [6.45, 7) is 0.0573. The summed E-state index contributed by atoms with van der Waals surface area (Å²) < 4.78 is 192. The van der Waals surface area contributed by atoms with E-state index in [2.05, 4.69) is 4.74 Å². The Bertz CT molecular complexity index is 632. The lowest BCUT2D eigenvalue weighted by Crippen LogP contribution is -2.45. The van der Waals surface area contributed by atoms with Crippen LogP contribution in [-0.4, -0.2) is 42.4 Å². The summed E-state index contributed by atoms with van der Waals surface area (Å²) in [6.07, 6.45) is -26.5. The van der Waals surface area contributed by atoms with E-state index >= 15 is 0 Å². The second-order valence-electron chi connectivity index (χ2n) is 5.31. The molecule has 2 nitrogen and oxygen atoms in total. The number of carbonyl (C=O) groups excluding carboxylic acids is 1. The molecule has 0 unspecified atom stereocenters. The van der Waals surface area contributed by atoms with Crippen molar-refractivity contribution >= 4 is 5.97 Å². The fourth-order valence-electron chi connectivity index (χ4n) is 1.25. The molecule has 0 amide bonds. The summed E-state index contributed by atoms with van der Waals surface area (Å²) in [5.74, 6) is -16.9. The Morgan fingerprint density at radius 1 is 0.839 bits per heavy atom. The van der Waals surface area contributed by atoms with Crippen LogP contribution in [0.4, 0.5) is 70.2 Å². The molecular weight excluding hydrogens is 492 g/mol. The van der Waals surface area contributed by atoms with E-state index in [0.717, 1.165) is 0 Å². The Morgan fingerprint density at radius 3 is 1.48 bits per heavy atom. The van der Waals surface area contributed by atoms with Crippen molar-refractivity contribution in [2.45, 2.75) is 49.8 Å². The predicted molar refractivity (Wildman–Crippen MR) is 67.7 cm³/mol. The normalized spacial score (nSPS) is 14.9. The average molecular weight is 500 g/mol. The quantitative estimate of drug-likeness (QED) is 0.234. The van der Waals surface area contributed by atoms with Gasteiger partial charge >= 0.3 is 30.4 Å². The van der Waals surface area contributed by atoms with Crippen molar-refractivity contribution in [3.05, 3.63) is 24.1 Å². The lowest BCUT2D eigenvalue weighted by molar-refractivity contribution is -0.312. The standard InChI is InChI=1S/C7H6F8.C6H2F8O2/c1-5(9,10)3-6(11,12)4(8)2-7(13,14)15;7-1-2(8)3(15)16-4(5(9,10)11)6(12,13)14/h2H,3H2,1H3;1,4H/b4-2+;2-1-. The van der Waals surface area contributed by atoms with Crippen LogP contribution in [0.5, 0.6) is 0 Å². The molecule has 0 aromatic carbocycles. The monoisotopic (exact) mass is 500 g/mol. The Balaban J connectivity index is 0. The van der Waals surface area contributed by atoms with Crippen LogP contribution in [0.15, 0.2) is 24.1 Å². The van der Waals surface area contributed by atoms with Gasteiger partial charge in [-0.1, -0.05) is 0 Å². The van der Waals surface area contributed by atoms with Gasteiger partial charge in [-0.3, -0.25) is 0 Å². The molecule has 0 fully saturated rings. The van der Waals surface area contributed by atoms with Gasteiger partial charge in [0.1, 0.15) is 6.33 Å². The fraction of sp³-hybridized carbons (Fsp3) is 0.615. The minimum atomic E-state index is -5.97. The molecule has 0 saturated carbocycles. The zero-order valence-electron chi connectivity index (χ0n) is 14.3. The number of hydrogen-bond donors (Lipinski definition) is 0. The molecule has 0 N–H and O–H groups in total. The van der Waals surface area contributed by atoms with E-state index in [1.165, 1.54) is 0 Å². The molecule has 0 bridgehead atoms. The third-order valence-corrected chi connectivity index (χ3v) is 2.28. The van der Waals surface area contributed by atoms with Crippen LogP contribution in [0.1, 0.15) is 13.3 Å². The summed E-state index contributed by atoms with van der Waals surface area (Å²) in [7, 11) is 0. The molecule has 0 rings (SSSR count). The first-order valence-electron chi connectivity index (χ1n) is 6.85. The van der Waals surface area contributed by atoms with Crippen molar-refractivity contribution in [2.24, 2.45) is 0 Å². The summed E-state index contributed by atoms with van der Waals surface area (Å²) in [4.78, 5) is 10.2. The van der Waals surface area contributed by atoms with Gasteiger partial charge in [-0.05, 0) is 6.92 Å². The largest absolute Gasteiger partial charge is 0.437 e. The van der Waals surface area contributed by atoms with Crippen LogP contribution in [0.2, 0.25) is 0 Å². The maximum Gasteiger partial charge on any atom is 0.434 e. The van der Waals surface area contributed by atoms with Crippen molar-refractivity contribution in [3.63, 3.8) is 0 Å². The third-order valence-electron chi connectivity index (χ3n) is 2.28. The summed E-state index contributed by atoms with van der Waals surface area (Å²) in [5.41, 5.74) is 0. The van der Waals surface area contributed by atoms with Gasteiger partial charge in [0.05, 0.1) is 12.5 Å². The Morgan fingerprint density at radius 2 is 1.23 bits per heavy atom. The molecular formula is C13H8F16O2. The first kappa shape index (κ1) is 31.0. The van der Waals surface area contributed by atoms with Gasteiger partial charge in [0.15, 0.2) is 5.83 Å². The van der Waals surface area contributed by atoms with Crippen molar-refractivity contribution in [2.75, 3.05) is 0 Å². The highest BCUT2D eigenvalue weighted by Gasteiger charge is 2.60. The molecule has 184 valence electrons. The maximum atomic E-state index is 12.4. The number of ether oxygens (including phenoxy) is 1. The predicted octanol–water partition coefficient (Wildman–Crippen LogP) is 6.89. The van der Waals surface area contributed by atoms with Gasteiger partial charge in [-0.25, -0.2) is 22.4 Å². The number of carbonyl (C=O) groups is 1. The first-order chi connectivity index (χ1) is 13.3. The van der Waals surface area contributed by atoms with Gasteiger partial charge < -0.3 is 4.74 Å². The smallest absolute Gasteiger partial charge is 0.434 e. The SMILES string of the molecule is CC(F)(F)CC(F)(F)/C(F)=C\C(F)(F)F.O=C(OC(C(F)(F)F)C(F)(F)F)/C(F)=C/F. The van der Waals surface area contributed by atoms with Gasteiger partial charge in [-0.15, -0.1) is 0 Å². The van der Waals surface area contributed by atoms with Crippen LogP contribution in [0, 0.1) is 0 Å². The maximum absolute atomic E-state index is 12.4. The Labute approximate surface area is 161 Å². The molecule has 0 aliphatic rings. The molecule has 0 radical (unpaired) electrons. The average Bonchev–Trinajstić information content (AvgIpc) is 2.45. The Hall–Kier alpha value is -2.17. The van der Waals surface area contributed by atoms with Crippen LogP contribution >= 0.6 is 0 Å². The van der Waals surface area contributed by atoms with Crippen molar-refractivity contribution in [1.82, 2.24) is 0 Å². The molecule has 0 spiro atoms. The molecule has 0 aromatic heterocycles. The van der Waals surface area contributed by atoms with Crippen LogP contribution in [0.3, 0.4) is 0 Å². The topological polar surface area (TPSA) is 26.3 Å². The fourth-order valence-corrected chi connectivity index (χ4v) is 1.25. The summed E-state index contributed by atoms with van der Waals surface area (Å²) >= 11 is 0. The number of halogens is 16. The number of esters is 1. The van der Waals surface area contributed by atoms with Gasteiger partial charge in [-0.2, -0.15) is 52.7 Å². The summed E-state index contributed by atoms with van der Waals surface area (Å²) in [5, 5.41) is 0. The molecule has 0 aromatic rings. The number of allylic oxidation sites excluding steroid dienone is 2. The molecule has 18 heteroatoms. The van der Waals surface area contributed by atoms with Crippen LogP contribution < -0.4 is 0 Å². The Kier molecular flexibility index (Phi) is 10.4. The van der Waals surface area contributed by atoms with Gasteiger partial charge in [0, 0.05) is 0 Å². The van der Waals surface area contributed by atoms with Crippen LogP contribution in [0.25, 0.3) is 0 Å². The van der Waals surface area contributed by atoms with E-state index < -0.39 is 72.9 Å². The zero-order chi connectivity index (χ0) is 25.6. The van der Waals surface area contributed by atoms with Crippen molar-refractivity contribution < 1.29 is 79.8 Å². The van der Waals surface area contributed by atoms with Gasteiger partial charge in [0.2, 0.25) is 5.83 Å². The molecule has 0 saturated heterocycles. The highest BCUT2D eigenvalue weighted by molar-refractivity contribution is 5.85. The zero-order valence-corrected chi connectivity index (χ0v) is 14.3. The van der Waals surface area contributed by atoms with Crippen LogP contribution in [-0.2, 0) is 9.53 Å². The van der Waals surface area contributed by atoms with Gasteiger partial charge in [0.25, 0.3) is 12.0 Å². The number of rotatable bonds is 5. The van der Waals surface area contributed by atoms with E-state index in [1.54, 1.807) is 0 Å². The minimum Gasteiger partial charge on any atom is -0.437 e. The van der Waals surface area contributed by atoms with Crippen molar-refractivity contribution in [3.8, 4) is 0 Å².